The molecule has 0 saturated carbocycles. The van der Waals surface area contributed by atoms with Gasteiger partial charge in [0.1, 0.15) is 18.6 Å². The third-order valence-electron chi connectivity index (χ3n) is 5.34. The fourth-order valence-electron chi connectivity index (χ4n) is 3.69. The lowest BCUT2D eigenvalue weighted by molar-refractivity contribution is 0.110. The third kappa shape index (κ3) is 3.24. The molecule has 0 bridgehead atoms. The van der Waals surface area contributed by atoms with Crippen molar-refractivity contribution in [3.05, 3.63) is 64.6 Å². The van der Waals surface area contributed by atoms with Crippen molar-refractivity contribution in [1.82, 2.24) is 29.2 Å². The summed E-state index contributed by atoms with van der Waals surface area (Å²) in [5.41, 5.74) is 1.73. The van der Waals surface area contributed by atoms with Gasteiger partial charge in [0.15, 0.2) is 17.0 Å². The molecular formula is C20H20N6O4. The lowest BCUT2D eigenvalue weighted by atomic mass is 10.00. The quantitative estimate of drug-likeness (QED) is 0.492. The van der Waals surface area contributed by atoms with Crippen LogP contribution in [0.2, 0.25) is 0 Å². The summed E-state index contributed by atoms with van der Waals surface area (Å²) < 4.78 is 19.6. The fraction of sp³-hybridized carbons (Fsp3) is 0.350. The smallest absolute Gasteiger partial charge is 0.280 e. The predicted octanol–water partition coefficient (Wildman–Crippen LogP) is 1.82. The van der Waals surface area contributed by atoms with Crippen LogP contribution in [0, 0.1) is 0 Å². The second kappa shape index (κ2) is 7.38. The van der Waals surface area contributed by atoms with Crippen molar-refractivity contribution in [2.75, 3.05) is 13.7 Å². The number of ether oxygens (including phenoxy) is 2. The Morgan fingerprint density at radius 1 is 1.20 bits per heavy atom. The van der Waals surface area contributed by atoms with Gasteiger partial charge in [0.2, 0.25) is 5.89 Å². The van der Waals surface area contributed by atoms with Crippen LogP contribution in [0.3, 0.4) is 0 Å². The van der Waals surface area contributed by atoms with Gasteiger partial charge in [-0.3, -0.25) is 9.36 Å². The topological polar surface area (TPSA) is 110 Å². The second-order valence-electron chi connectivity index (χ2n) is 7.28. The highest BCUT2D eigenvalue weighted by Gasteiger charge is 2.31. The SMILES string of the molecule is COc1ccc([C@H]2C[C@H](c3noc(Cn4cnc5ncn(C)c5c4=O)n3)CO2)cc1. The minimum absolute atomic E-state index is 0.0260. The van der Waals surface area contributed by atoms with E-state index >= 15 is 0 Å². The van der Waals surface area contributed by atoms with Gasteiger partial charge in [-0.2, -0.15) is 4.98 Å². The van der Waals surface area contributed by atoms with Gasteiger partial charge in [-0.1, -0.05) is 17.3 Å². The maximum Gasteiger partial charge on any atom is 0.280 e. The highest BCUT2D eigenvalue weighted by atomic mass is 16.5. The number of hydrogen-bond donors (Lipinski definition) is 0. The van der Waals surface area contributed by atoms with Crippen LogP contribution in [-0.4, -0.2) is 43.0 Å². The van der Waals surface area contributed by atoms with E-state index in [0.717, 1.165) is 17.7 Å². The highest BCUT2D eigenvalue weighted by Crippen LogP contribution is 2.37. The van der Waals surface area contributed by atoms with Crippen molar-refractivity contribution in [2.24, 2.45) is 7.05 Å². The number of rotatable bonds is 5. The van der Waals surface area contributed by atoms with Crippen LogP contribution in [0.4, 0.5) is 0 Å². The van der Waals surface area contributed by atoms with Gasteiger partial charge < -0.3 is 18.6 Å². The molecule has 0 N–H and O–H groups in total. The van der Waals surface area contributed by atoms with E-state index in [-0.39, 0.29) is 24.1 Å². The Morgan fingerprint density at radius 2 is 2.00 bits per heavy atom. The summed E-state index contributed by atoms with van der Waals surface area (Å²) in [5.74, 6) is 1.78. The molecule has 10 nitrogen and oxygen atoms in total. The molecule has 10 heteroatoms. The summed E-state index contributed by atoms with van der Waals surface area (Å²) in [6, 6.07) is 7.84. The number of methoxy groups -OCH3 is 1. The van der Waals surface area contributed by atoms with E-state index in [4.69, 9.17) is 14.0 Å². The first-order valence-corrected chi connectivity index (χ1v) is 9.57. The van der Waals surface area contributed by atoms with E-state index < -0.39 is 0 Å². The molecule has 0 spiro atoms. The van der Waals surface area contributed by atoms with E-state index in [9.17, 15) is 4.79 Å². The molecule has 4 heterocycles. The molecular weight excluding hydrogens is 388 g/mol. The Balaban J connectivity index is 1.31. The molecule has 1 saturated heterocycles. The first kappa shape index (κ1) is 18.5. The molecule has 2 atom stereocenters. The number of aromatic nitrogens is 6. The predicted molar refractivity (Wildman–Crippen MR) is 105 cm³/mol. The van der Waals surface area contributed by atoms with Crippen molar-refractivity contribution >= 4 is 11.2 Å². The zero-order valence-corrected chi connectivity index (χ0v) is 16.6. The van der Waals surface area contributed by atoms with Crippen LogP contribution < -0.4 is 10.3 Å². The van der Waals surface area contributed by atoms with Crippen molar-refractivity contribution in [1.29, 1.82) is 0 Å². The van der Waals surface area contributed by atoms with Gasteiger partial charge in [0.05, 0.1) is 26.1 Å². The summed E-state index contributed by atoms with van der Waals surface area (Å²) in [6.45, 7) is 0.660. The van der Waals surface area contributed by atoms with Crippen molar-refractivity contribution in [3.8, 4) is 5.75 Å². The average molecular weight is 408 g/mol. The number of hydrogen-bond acceptors (Lipinski definition) is 8. The summed E-state index contributed by atoms with van der Waals surface area (Å²) in [7, 11) is 3.40. The van der Waals surface area contributed by atoms with Crippen LogP contribution in [0.25, 0.3) is 11.2 Å². The lowest BCUT2D eigenvalue weighted by Gasteiger charge is -2.10. The van der Waals surface area contributed by atoms with E-state index in [2.05, 4.69) is 20.1 Å². The van der Waals surface area contributed by atoms with Crippen LogP contribution in [0.5, 0.6) is 5.75 Å². The summed E-state index contributed by atoms with van der Waals surface area (Å²) in [4.78, 5) is 25.5. The van der Waals surface area contributed by atoms with Crippen LogP contribution in [0.1, 0.15) is 35.7 Å². The Morgan fingerprint density at radius 3 is 2.80 bits per heavy atom. The Labute approximate surface area is 171 Å². The van der Waals surface area contributed by atoms with Gasteiger partial charge in [0, 0.05) is 13.0 Å². The molecule has 0 aliphatic carbocycles. The molecule has 3 aromatic heterocycles. The molecule has 4 aromatic rings. The van der Waals surface area contributed by atoms with Crippen LogP contribution in [0.15, 0.2) is 46.2 Å². The molecule has 30 heavy (non-hydrogen) atoms. The molecule has 0 radical (unpaired) electrons. The molecule has 1 aliphatic rings. The van der Waals surface area contributed by atoms with Crippen molar-refractivity contribution < 1.29 is 14.0 Å². The largest absolute Gasteiger partial charge is 0.497 e. The van der Waals surface area contributed by atoms with Crippen molar-refractivity contribution in [2.45, 2.75) is 25.0 Å². The van der Waals surface area contributed by atoms with E-state index in [0.29, 0.717) is 29.5 Å². The third-order valence-corrected chi connectivity index (χ3v) is 5.34. The number of fused-ring (bicyclic) bond motifs is 1. The number of aryl methyl sites for hydroxylation is 1. The standard InChI is InChI=1S/C20H20N6O4/c1-25-10-21-19-17(25)20(27)26(11-22-19)8-16-23-18(24-30-16)13-7-15(29-9-13)12-3-5-14(28-2)6-4-12/h3-6,10-11,13,15H,7-9H2,1-2H3/t13-,15+/m0/s1. The van der Waals surface area contributed by atoms with Gasteiger partial charge >= 0.3 is 0 Å². The molecule has 0 amide bonds. The summed E-state index contributed by atoms with van der Waals surface area (Å²) in [5, 5.41) is 4.11. The molecule has 154 valence electrons. The Hall–Kier alpha value is -3.53. The first-order chi connectivity index (χ1) is 14.6. The van der Waals surface area contributed by atoms with Crippen LogP contribution in [-0.2, 0) is 18.3 Å². The van der Waals surface area contributed by atoms with E-state index in [1.807, 2.05) is 24.3 Å². The molecule has 0 unspecified atom stereocenters. The van der Waals surface area contributed by atoms with Gasteiger partial charge in [-0.15, -0.1) is 0 Å². The maximum atomic E-state index is 12.7. The average Bonchev–Trinajstić information content (AvgIpc) is 3.50. The Bertz CT molecular complexity index is 1240. The lowest BCUT2D eigenvalue weighted by Crippen LogP contribution is -2.22. The minimum atomic E-state index is -0.205. The monoisotopic (exact) mass is 408 g/mol. The Kier molecular flexibility index (Phi) is 4.55. The second-order valence-corrected chi connectivity index (χ2v) is 7.28. The molecule has 5 rings (SSSR count). The van der Waals surface area contributed by atoms with Gasteiger partial charge in [-0.05, 0) is 24.1 Å². The van der Waals surface area contributed by atoms with Crippen LogP contribution >= 0.6 is 0 Å². The first-order valence-electron chi connectivity index (χ1n) is 9.57. The molecule has 1 aliphatic heterocycles. The minimum Gasteiger partial charge on any atom is -0.497 e. The summed E-state index contributed by atoms with van der Waals surface area (Å²) in [6.07, 6.45) is 3.74. The van der Waals surface area contributed by atoms with Crippen molar-refractivity contribution in [3.63, 3.8) is 0 Å². The zero-order valence-electron chi connectivity index (χ0n) is 16.6. The normalized spacial score (nSPS) is 18.9. The van der Waals surface area contributed by atoms with E-state index in [1.54, 1.807) is 25.1 Å². The maximum absolute atomic E-state index is 12.7. The molecule has 1 aromatic carbocycles. The fourth-order valence-corrected chi connectivity index (χ4v) is 3.69. The number of imidazole rings is 1. The molecule has 1 fully saturated rings. The van der Waals surface area contributed by atoms with E-state index in [1.165, 1.54) is 10.9 Å². The number of nitrogens with zero attached hydrogens (tertiary/aromatic N) is 6. The zero-order chi connectivity index (χ0) is 20.7. The number of benzene rings is 1. The van der Waals surface area contributed by atoms with Gasteiger partial charge in [0.25, 0.3) is 5.56 Å². The van der Waals surface area contributed by atoms with Gasteiger partial charge in [-0.25, -0.2) is 9.97 Å². The summed E-state index contributed by atoms with van der Waals surface area (Å²) >= 11 is 0. The highest BCUT2D eigenvalue weighted by molar-refractivity contribution is 5.68.